The van der Waals surface area contributed by atoms with Gasteiger partial charge in [-0.2, -0.15) is 0 Å². The molecule has 0 N–H and O–H groups in total. The molecule has 0 atom stereocenters. The Morgan fingerprint density at radius 1 is 1.31 bits per heavy atom. The molecule has 1 aliphatic carbocycles. The third kappa shape index (κ3) is 2.90. The van der Waals surface area contributed by atoms with Crippen LogP contribution in [0.5, 0.6) is 0 Å². The summed E-state index contributed by atoms with van der Waals surface area (Å²) >= 11 is 0. The molecule has 0 bridgehead atoms. The lowest BCUT2D eigenvalue weighted by Gasteiger charge is -2.46. The third-order valence-corrected chi connectivity index (χ3v) is 2.63. The summed E-state index contributed by atoms with van der Waals surface area (Å²) in [6, 6.07) is 0. The monoisotopic (exact) mass is 191 g/mol. The second-order valence-electron chi connectivity index (χ2n) is 4.76. The fourth-order valence-corrected chi connectivity index (χ4v) is 2.42. The van der Waals surface area contributed by atoms with E-state index in [1.807, 2.05) is 14.0 Å². The summed E-state index contributed by atoms with van der Waals surface area (Å²) in [6.07, 6.45) is 1.21. The number of rotatable bonds is 4. The van der Waals surface area contributed by atoms with Crippen LogP contribution >= 0.6 is 0 Å². The van der Waals surface area contributed by atoms with Crippen molar-refractivity contribution in [3.05, 3.63) is 0 Å². The van der Waals surface area contributed by atoms with E-state index in [9.17, 15) is 8.78 Å². The van der Waals surface area contributed by atoms with E-state index in [-0.39, 0.29) is 18.3 Å². The maximum absolute atomic E-state index is 12.7. The Morgan fingerprint density at radius 2 is 1.85 bits per heavy atom. The summed E-state index contributed by atoms with van der Waals surface area (Å²) in [4.78, 5) is 2.15. The molecule has 0 aromatic rings. The maximum atomic E-state index is 12.7. The average molecular weight is 191 g/mol. The van der Waals surface area contributed by atoms with Gasteiger partial charge in [0, 0.05) is 19.4 Å². The molecule has 1 fully saturated rings. The minimum atomic E-state index is -2.39. The molecular formula is C10H19F2N. The Balaban J connectivity index is 2.30. The Labute approximate surface area is 79.1 Å². The van der Waals surface area contributed by atoms with Gasteiger partial charge in [0.15, 0.2) is 0 Å². The Hall–Kier alpha value is -0.180. The molecule has 1 saturated carbocycles. The topological polar surface area (TPSA) is 3.24 Å². The van der Waals surface area contributed by atoms with Crippen LogP contribution in [0.25, 0.3) is 0 Å². The highest BCUT2D eigenvalue weighted by atomic mass is 19.3. The van der Waals surface area contributed by atoms with Crippen molar-refractivity contribution in [1.82, 2.24) is 4.90 Å². The number of hydrogen-bond acceptors (Lipinski definition) is 1. The van der Waals surface area contributed by atoms with Crippen LogP contribution in [0, 0.1) is 5.41 Å². The van der Waals surface area contributed by atoms with Gasteiger partial charge < -0.3 is 4.90 Å². The molecule has 0 aromatic heterocycles. The van der Waals surface area contributed by atoms with Crippen molar-refractivity contribution in [3.8, 4) is 0 Å². The third-order valence-electron chi connectivity index (χ3n) is 2.63. The first-order chi connectivity index (χ1) is 5.87. The van der Waals surface area contributed by atoms with E-state index in [2.05, 4.69) is 11.8 Å². The summed E-state index contributed by atoms with van der Waals surface area (Å²) in [6.45, 7) is 5.86. The number of nitrogens with zero attached hydrogens (tertiary/aromatic N) is 1. The van der Waals surface area contributed by atoms with Crippen molar-refractivity contribution in [2.75, 3.05) is 20.1 Å². The lowest BCUT2D eigenvalue weighted by molar-refractivity contribution is -0.159. The fourth-order valence-electron chi connectivity index (χ4n) is 2.42. The molecule has 3 heteroatoms. The summed E-state index contributed by atoms with van der Waals surface area (Å²) in [5, 5.41) is 0. The Bertz CT molecular complexity index is 172. The summed E-state index contributed by atoms with van der Waals surface area (Å²) in [5.74, 6) is -2.39. The zero-order valence-corrected chi connectivity index (χ0v) is 8.74. The molecule has 13 heavy (non-hydrogen) atoms. The van der Waals surface area contributed by atoms with Gasteiger partial charge in [-0.05, 0) is 25.4 Å². The molecule has 1 rings (SSSR count). The fraction of sp³-hybridized carbons (Fsp3) is 1.00. The Kier molecular flexibility index (Phi) is 2.95. The molecule has 0 unspecified atom stereocenters. The van der Waals surface area contributed by atoms with Crippen LogP contribution in [-0.4, -0.2) is 31.0 Å². The molecule has 0 aromatic carbocycles. The van der Waals surface area contributed by atoms with E-state index < -0.39 is 5.92 Å². The van der Waals surface area contributed by atoms with E-state index >= 15 is 0 Å². The summed E-state index contributed by atoms with van der Waals surface area (Å²) in [7, 11) is 2.01. The molecule has 0 radical (unpaired) electrons. The second kappa shape index (κ2) is 3.52. The first-order valence-corrected chi connectivity index (χ1v) is 4.93. The molecule has 78 valence electrons. The van der Waals surface area contributed by atoms with Gasteiger partial charge >= 0.3 is 0 Å². The van der Waals surface area contributed by atoms with E-state index in [1.54, 1.807) is 0 Å². The van der Waals surface area contributed by atoms with Crippen molar-refractivity contribution in [3.63, 3.8) is 0 Å². The largest absolute Gasteiger partial charge is 0.306 e. The number of alkyl halides is 2. The first-order valence-electron chi connectivity index (χ1n) is 4.93. The van der Waals surface area contributed by atoms with Gasteiger partial charge in [0.05, 0.1) is 0 Å². The SMILES string of the molecule is CCCN(C)CC1(C)CC(F)(F)C1. The van der Waals surface area contributed by atoms with Crippen LogP contribution in [0.3, 0.4) is 0 Å². The summed E-state index contributed by atoms with van der Waals surface area (Å²) in [5.41, 5.74) is -0.145. The van der Waals surface area contributed by atoms with Crippen molar-refractivity contribution in [2.45, 2.75) is 39.0 Å². The minimum Gasteiger partial charge on any atom is -0.306 e. The van der Waals surface area contributed by atoms with Crippen LogP contribution in [0.1, 0.15) is 33.1 Å². The van der Waals surface area contributed by atoms with Gasteiger partial charge in [-0.3, -0.25) is 0 Å². The average Bonchev–Trinajstić information content (AvgIpc) is 1.80. The van der Waals surface area contributed by atoms with Gasteiger partial charge in [0.1, 0.15) is 0 Å². The van der Waals surface area contributed by atoms with E-state index in [0.717, 1.165) is 19.5 Å². The van der Waals surface area contributed by atoms with Gasteiger partial charge in [-0.25, -0.2) is 8.78 Å². The van der Waals surface area contributed by atoms with Crippen molar-refractivity contribution in [2.24, 2.45) is 5.41 Å². The molecule has 1 aliphatic rings. The standard InChI is InChI=1S/C10H19F2N/c1-4-5-13(3)8-9(2)6-10(11,12)7-9/h4-8H2,1-3H3. The predicted octanol–water partition coefficient (Wildman–Crippen LogP) is 2.76. The van der Waals surface area contributed by atoms with Crippen LogP contribution in [0.2, 0.25) is 0 Å². The second-order valence-corrected chi connectivity index (χ2v) is 4.76. The van der Waals surface area contributed by atoms with E-state index in [4.69, 9.17) is 0 Å². The van der Waals surface area contributed by atoms with Gasteiger partial charge in [0.25, 0.3) is 0 Å². The smallest absolute Gasteiger partial charge is 0.249 e. The lowest BCUT2D eigenvalue weighted by Crippen LogP contribution is -2.49. The molecule has 0 heterocycles. The van der Waals surface area contributed by atoms with Crippen LogP contribution in [0.15, 0.2) is 0 Å². The van der Waals surface area contributed by atoms with Gasteiger partial charge in [-0.15, -0.1) is 0 Å². The quantitative estimate of drug-likeness (QED) is 0.660. The zero-order valence-electron chi connectivity index (χ0n) is 8.74. The predicted molar refractivity (Wildman–Crippen MR) is 50.1 cm³/mol. The van der Waals surface area contributed by atoms with Crippen LogP contribution in [-0.2, 0) is 0 Å². The number of hydrogen-bond donors (Lipinski definition) is 0. The zero-order chi connectivity index (χ0) is 10.1. The molecule has 0 amide bonds. The highest BCUT2D eigenvalue weighted by Crippen LogP contribution is 2.51. The first kappa shape index (κ1) is 10.9. The van der Waals surface area contributed by atoms with Crippen molar-refractivity contribution < 1.29 is 8.78 Å². The highest BCUT2D eigenvalue weighted by molar-refractivity contribution is 4.97. The molecule has 1 nitrogen and oxygen atoms in total. The van der Waals surface area contributed by atoms with Crippen molar-refractivity contribution in [1.29, 1.82) is 0 Å². The normalized spacial score (nSPS) is 24.5. The molecule has 0 spiro atoms. The molecule has 0 aliphatic heterocycles. The van der Waals surface area contributed by atoms with Crippen molar-refractivity contribution >= 4 is 0 Å². The van der Waals surface area contributed by atoms with E-state index in [1.165, 1.54) is 0 Å². The van der Waals surface area contributed by atoms with Gasteiger partial charge in [0.2, 0.25) is 5.92 Å². The maximum Gasteiger partial charge on any atom is 0.249 e. The highest BCUT2D eigenvalue weighted by Gasteiger charge is 2.53. The molecular weight excluding hydrogens is 172 g/mol. The summed E-state index contributed by atoms with van der Waals surface area (Å²) < 4.78 is 25.3. The Morgan fingerprint density at radius 3 is 2.23 bits per heavy atom. The molecule has 0 saturated heterocycles. The number of halogens is 2. The van der Waals surface area contributed by atoms with Crippen LogP contribution < -0.4 is 0 Å². The minimum absolute atomic E-state index is 0.0635. The van der Waals surface area contributed by atoms with Gasteiger partial charge in [-0.1, -0.05) is 13.8 Å². The lowest BCUT2D eigenvalue weighted by atomic mass is 9.67. The van der Waals surface area contributed by atoms with Crippen LogP contribution in [0.4, 0.5) is 8.78 Å². The van der Waals surface area contributed by atoms with E-state index in [0.29, 0.717) is 0 Å².